The van der Waals surface area contributed by atoms with Crippen molar-refractivity contribution in [3.05, 3.63) is 105 Å². The highest BCUT2D eigenvalue weighted by molar-refractivity contribution is 8.26. The quantitative estimate of drug-likeness (QED) is 0.328. The zero-order valence-corrected chi connectivity index (χ0v) is 20.3. The van der Waals surface area contributed by atoms with Crippen LogP contribution in [0.5, 0.6) is 5.75 Å². The number of halogens is 2. The summed E-state index contributed by atoms with van der Waals surface area (Å²) in [6.07, 6.45) is 1.68. The van der Waals surface area contributed by atoms with E-state index in [1.165, 1.54) is 12.1 Å². The van der Waals surface area contributed by atoms with Crippen LogP contribution < -0.4 is 10.2 Å². The fourth-order valence-electron chi connectivity index (χ4n) is 3.07. The lowest BCUT2D eigenvalue weighted by atomic mass is 10.1. The maximum Gasteiger partial charge on any atom is 0.285 e. The van der Waals surface area contributed by atoms with Crippen LogP contribution >= 0.6 is 35.6 Å². The van der Waals surface area contributed by atoms with Gasteiger partial charge in [-0.25, -0.2) is 4.39 Å². The molecule has 0 spiro atoms. The van der Waals surface area contributed by atoms with Gasteiger partial charge in [0.1, 0.15) is 18.2 Å². The van der Waals surface area contributed by atoms with E-state index in [4.69, 9.17) is 28.6 Å². The third kappa shape index (κ3) is 5.47. The molecular weight excluding hydrogens is 495 g/mol. The molecule has 0 atom stereocenters. The summed E-state index contributed by atoms with van der Waals surface area (Å²) in [5.74, 6) is -0.742. The van der Waals surface area contributed by atoms with Gasteiger partial charge in [-0.1, -0.05) is 59.3 Å². The van der Waals surface area contributed by atoms with Gasteiger partial charge in [0.25, 0.3) is 11.8 Å². The number of amides is 2. The lowest BCUT2D eigenvalue weighted by molar-refractivity contribution is -0.123. The Morgan fingerprint density at radius 1 is 1.15 bits per heavy atom. The molecule has 1 saturated heterocycles. The number of hydrazine groups is 1. The first-order valence-electron chi connectivity index (χ1n) is 10.1. The van der Waals surface area contributed by atoms with E-state index in [2.05, 4.69) is 5.43 Å². The fourth-order valence-corrected chi connectivity index (χ4v) is 4.47. The molecular formula is C25H18ClFN2O3S2. The summed E-state index contributed by atoms with van der Waals surface area (Å²) in [5.41, 5.74) is 5.03. The molecule has 4 rings (SSSR count). The molecule has 0 unspecified atom stereocenters. The summed E-state index contributed by atoms with van der Waals surface area (Å²) >= 11 is 12.4. The largest absolute Gasteiger partial charge is 0.489 e. The molecule has 2 amide bonds. The summed E-state index contributed by atoms with van der Waals surface area (Å²) in [5, 5.41) is 1.37. The maximum atomic E-state index is 13.9. The Kier molecular flexibility index (Phi) is 7.31. The molecule has 1 fully saturated rings. The minimum Gasteiger partial charge on any atom is -0.489 e. The summed E-state index contributed by atoms with van der Waals surface area (Å²) < 4.78 is 19.8. The lowest BCUT2D eigenvalue weighted by Gasteiger charge is -2.15. The normalized spacial score (nSPS) is 14.6. The molecule has 1 aliphatic heterocycles. The number of nitrogens with one attached hydrogen (secondary N) is 1. The van der Waals surface area contributed by atoms with Crippen molar-refractivity contribution in [3.63, 3.8) is 0 Å². The van der Waals surface area contributed by atoms with Crippen LogP contribution in [-0.2, 0) is 11.4 Å². The monoisotopic (exact) mass is 512 g/mol. The van der Waals surface area contributed by atoms with Gasteiger partial charge >= 0.3 is 0 Å². The molecule has 0 aliphatic carbocycles. The van der Waals surface area contributed by atoms with Gasteiger partial charge in [-0.05, 0) is 67.2 Å². The Labute approximate surface area is 210 Å². The Hall–Kier alpha value is -3.20. The molecule has 3 aromatic rings. The van der Waals surface area contributed by atoms with Gasteiger partial charge in [0, 0.05) is 11.1 Å². The fraction of sp³-hybridized carbons (Fsp3) is 0.0800. The highest BCUT2D eigenvalue weighted by atomic mass is 35.5. The first-order chi connectivity index (χ1) is 16.3. The van der Waals surface area contributed by atoms with Gasteiger partial charge < -0.3 is 4.74 Å². The smallest absolute Gasteiger partial charge is 0.285 e. The minimum atomic E-state index is -0.430. The van der Waals surface area contributed by atoms with E-state index in [0.29, 0.717) is 21.2 Å². The van der Waals surface area contributed by atoms with Crippen molar-refractivity contribution in [1.29, 1.82) is 0 Å². The standard InChI is InChI=1S/C25H18ClFN2O3S2/c1-15-5-9-17(10-6-15)23(30)28-29-24(31)22(34-25(29)33)13-16-7-11-18(12-8-16)32-14-19-20(26)3-2-4-21(19)27/h2-13H,14H2,1H3,(H,28,30)/b22-13+. The zero-order chi connectivity index (χ0) is 24.2. The van der Waals surface area contributed by atoms with E-state index in [1.807, 2.05) is 19.1 Å². The van der Waals surface area contributed by atoms with Crippen molar-refractivity contribution in [1.82, 2.24) is 10.4 Å². The van der Waals surface area contributed by atoms with Crippen LogP contribution in [0.3, 0.4) is 0 Å². The Balaban J connectivity index is 1.40. The third-order valence-electron chi connectivity index (χ3n) is 4.94. The Morgan fingerprint density at radius 3 is 2.53 bits per heavy atom. The molecule has 1 heterocycles. The van der Waals surface area contributed by atoms with Gasteiger partial charge in [0.15, 0.2) is 4.32 Å². The van der Waals surface area contributed by atoms with E-state index in [0.717, 1.165) is 27.9 Å². The number of nitrogens with zero attached hydrogens (tertiary/aromatic N) is 1. The highest BCUT2D eigenvalue weighted by Gasteiger charge is 2.33. The molecule has 1 N–H and O–H groups in total. The molecule has 0 aromatic heterocycles. The first kappa shape index (κ1) is 23.9. The number of aryl methyl sites for hydroxylation is 1. The van der Waals surface area contributed by atoms with Crippen molar-refractivity contribution in [2.75, 3.05) is 0 Å². The number of rotatable bonds is 6. The topological polar surface area (TPSA) is 58.6 Å². The van der Waals surface area contributed by atoms with Gasteiger partial charge in [0.2, 0.25) is 0 Å². The van der Waals surface area contributed by atoms with Crippen molar-refractivity contribution < 1.29 is 18.7 Å². The molecule has 1 aliphatic rings. The average molecular weight is 513 g/mol. The molecule has 0 radical (unpaired) electrons. The summed E-state index contributed by atoms with van der Waals surface area (Å²) in [6, 6.07) is 18.4. The van der Waals surface area contributed by atoms with Crippen LogP contribution in [0.2, 0.25) is 5.02 Å². The molecule has 9 heteroatoms. The van der Waals surface area contributed by atoms with Crippen molar-refractivity contribution in [2.45, 2.75) is 13.5 Å². The van der Waals surface area contributed by atoms with Crippen molar-refractivity contribution >= 4 is 57.8 Å². The molecule has 34 heavy (non-hydrogen) atoms. The minimum absolute atomic E-state index is 0.00973. The van der Waals surface area contributed by atoms with Crippen LogP contribution in [0, 0.1) is 12.7 Å². The highest BCUT2D eigenvalue weighted by Crippen LogP contribution is 2.32. The van der Waals surface area contributed by atoms with Gasteiger partial charge in [-0.3, -0.25) is 15.0 Å². The molecule has 5 nitrogen and oxygen atoms in total. The van der Waals surface area contributed by atoms with Gasteiger partial charge in [0.05, 0.1) is 9.93 Å². The number of carbonyl (C=O) groups excluding carboxylic acids is 2. The molecule has 3 aromatic carbocycles. The predicted molar refractivity (Wildman–Crippen MR) is 136 cm³/mol. The summed E-state index contributed by atoms with van der Waals surface area (Å²) in [6.45, 7) is 1.91. The zero-order valence-electron chi connectivity index (χ0n) is 17.9. The van der Waals surface area contributed by atoms with Crippen LogP contribution in [0.4, 0.5) is 4.39 Å². The number of thioether (sulfide) groups is 1. The number of carbonyl (C=O) groups is 2. The number of hydrogen-bond acceptors (Lipinski definition) is 5. The van der Waals surface area contributed by atoms with Crippen LogP contribution in [-0.4, -0.2) is 21.1 Å². The van der Waals surface area contributed by atoms with Gasteiger partial charge in [-0.15, -0.1) is 0 Å². The van der Waals surface area contributed by atoms with E-state index >= 15 is 0 Å². The van der Waals surface area contributed by atoms with Crippen molar-refractivity contribution in [2.24, 2.45) is 0 Å². The number of ether oxygens (including phenoxy) is 1. The third-order valence-corrected chi connectivity index (χ3v) is 6.60. The SMILES string of the molecule is Cc1ccc(C(=O)NN2C(=O)/C(=C\c3ccc(OCc4c(F)cccc4Cl)cc3)SC2=S)cc1. The second-order valence-corrected chi connectivity index (χ2v) is 9.46. The predicted octanol–water partition coefficient (Wildman–Crippen LogP) is 5.91. The summed E-state index contributed by atoms with van der Waals surface area (Å²) in [4.78, 5) is 25.6. The van der Waals surface area contributed by atoms with Gasteiger partial charge in [-0.2, -0.15) is 5.01 Å². The maximum absolute atomic E-state index is 13.9. The van der Waals surface area contributed by atoms with Crippen LogP contribution in [0.15, 0.2) is 71.6 Å². The van der Waals surface area contributed by atoms with Crippen LogP contribution in [0.25, 0.3) is 6.08 Å². The first-order valence-corrected chi connectivity index (χ1v) is 11.7. The average Bonchev–Trinajstić information content (AvgIpc) is 3.07. The van der Waals surface area contributed by atoms with E-state index < -0.39 is 17.6 Å². The number of thiocarbonyl (C=S) groups is 1. The number of hydrogen-bond donors (Lipinski definition) is 1. The van der Waals surface area contributed by atoms with E-state index in [-0.39, 0.29) is 16.5 Å². The number of benzene rings is 3. The van der Waals surface area contributed by atoms with Crippen molar-refractivity contribution in [3.8, 4) is 5.75 Å². The lowest BCUT2D eigenvalue weighted by Crippen LogP contribution is -2.44. The Morgan fingerprint density at radius 2 is 1.85 bits per heavy atom. The molecule has 172 valence electrons. The molecule has 0 bridgehead atoms. The second-order valence-electron chi connectivity index (χ2n) is 7.38. The van der Waals surface area contributed by atoms with Crippen LogP contribution in [0.1, 0.15) is 27.0 Å². The summed E-state index contributed by atoms with van der Waals surface area (Å²) in [7, 11) is 0. The second kappa shape index (κ2) is 10.4. The Bertz CT molecular complexity index is 1270. The van der Waals surface area contributed by atoms with E-state index in [9.17, 15) is 14.0 Å². The molecule has 0 saturated carbocycles. The van der Waals surface area contributed by atoms with E-state index in [1.54, 1.807) is 48.5 Å².